The molecule has 0 saturated carbocycles. The molecule has 3 aromatic heterocycles. The zero-order chi connectivity index (χ0) is 14.2. The van der Waals surface area contributed by atoms with Crippen molar-refractivity contribution < 1.29 is 0 Å². The van der Waals surface area contributed by atoms with Crippen molar-refractivity contribution >= 4 is 11.3 Å². The van der Waals surface area contributed by atoms with E-state index in [2.05, 4.69) is 15.1 Å². The zero-order valence-corrected chi connectivity index (χ0v) is 11.1. The highest BCUT2D eigenvalue weighted by atomic mass is 15.4. The lowest BCUT2D eigenvalue weighted by atomic mass is 10.2. The van der Waals surface area contributed by atoms with Crippen molar-refractivity contribution in [3.8, 4) is 17.2 Å². The molecule has 0 unspecified atom stereocenters. The number of anilines is 1. The highest BCUT2D eigenvalue weighted by Gasteiger charge is 2.08. The minimum atomic E-state index is 0.638. The van der Waals surface area contributed by atoms with Gasteiger partial charge in [0.15, 0.2) is 5.82 Å². The van der Waals surface area contributed by atoms with Gasteiger partial charge >= 0.3 is 0 Å². The number of nitrogens with zero attached hydrogens (tertiary/aromatic N) is 5. The lowest BCUT2D eigenvalue weighted by molar-refractivity contribution is 0.830. The molecular weight excluding hydrogens is 264 g/mol. The number of imidazole rings is 1. The summed E-state index contributed by atoms with van der Waals surface area (Å²) in [4.78, 5) is 8.62. The maximum absolute atomic E-state index is 5.80. The van der Waals surface area contributed by atoms with E-state index in [0.717, 1.165) is 17.0 Å². The van der Waals surface area contributed by atoms with E-state index in [9.17, 15) is 0 Å². The van der Waals surface area contributed by atoms with Gasteiger partial charge in [-0.25, -0.2) is 14.6 Å². The highest BCUT2D eigenvalue weighted by Crippen LogP contribution is 2.18. The van der Waals surface area contributed by atoms with Gasteiger partial charge in [0, 0.05) is 23.6 Å². The van der Waals surface area contributed by atoms with E-state index in [1.807, 2.05) is 53.1 Å². The second kappa shape index (κ2) is 4.45. The summed E-state index contributed by atoms with van der Waals surface area (Å²) in [6.07, 6.45) is 5.34. The minimum absolute atomic E-state index is 0.638. The Morgan fingerprint density at radius 3 is 2.81 bits per heavy atom. The van der Waals surface area contributed by atoms with Gasteiger partial charge in [-0.3, -0.25) is 4.40 Å². The number of nitrogen functional groups attached to an aromatic ring is 1. The fourth-order valence-corrected chi connectivity index (χ4v) is 2.30. The van der Waals surface area contributed by atoms with Gasteiger partial charge < -0.3 is 5.73 Å². The number of pyridine rings is 1. The number of aromatic nitrogens is 5. The predicted octanol–water partition coefficient (Wildman–Crippen LogP) is 2.16. The lowest BCUT2D eigenvalue weighted by Gasteiger charge is -2.03. The summed E-state index contributed by atoms with van der Waals surface area (Å²) >= 11 is 0. The molecule has 0 radical (unpaired) electrons. The number of fused-ring (bicyclic) bond motifs is 1. The Kier molecular flexibility index (Phi) is 2.47. The Morgan fingerprint density at radius 2 is 1.90 bits per heavy atom. The maximum Gasteiger partial charge on any atom is 0.181 e. The molecule has 2 N–H and O–H groups in total. The summed E-state index contributed by atoms with van der Waals surface area (Å²) < 4.78 is 3.69. The quantitative estimate of drug-likeness (QED) is 0.569. The molecule has 0 atom stereocenters. The van der Waals surface area contributed by atoms with Gasteiger partial charge in [-0.2, -0.15) is 0 Å². The topological polar surface area (TPSA) is 74.0 Å². The van der Waals surface area contributed by atoms with Crippen molar-refractivity contribution in [1.82, 2.24) is 24.1 Å². The van der Waals surface area contributed by atoms with Crippen LogP contribution in [-0.2, 0) is 0 Å². The van der Waals surface area contributed by atoms with Crippen LogP contribution in [0.2, 0.25) is 0 Å². The molecule has 21 heavy (non-hydrogen) atoms. The first-order valence-corrected chi connectivity index (χ1v) is 6.51. The summed E-state index contributed by atoms with van der Waals surface area (Å²) in [5, 5.41) is 4.52. The Bertz CT molecular complexity index is 920. The van der Waals surface area contributed by atoms with Crippen LogP contribution in [0.15, 0.2) is 61.2 Å². The van der Waals surface area contributed by atoms with Gasteiger partial charge in [-0.15, -0.1) is 5.10 Å². The average molecular weight is 276 g/mol. The zero-order valence-electron chi connectivity index (χ0n) is 11.1. The molecule has 0 bridgehead atoms. The average Bonchev–Trinajstić information content (AvgIpc) is 3.16. The summed E-state index contributed by atoms with van der Waals surface area (Å²) in [7, 11) is 0. The normalized spacial score (nSPS) is 11.0. The fourth-order valence-electron chi connectivity index (χ4n) is 2.30. The van der Waals surface area contributed by atoms with E-state index in [0.29, 0.717) is 11.5 Å². The molecule has 0 aliphatic carbocycles. The van der Waals surface area contributed by atoms with Crippen LogP contribution < -0.4 is 5.73 Å². The number of rotatable bonds is 2. The second-order valence-electron chi connectivity index (χ2n) is 4.68. The van der Waals surface area contributed by atoms with E-state index < -0.39 is 0 Å². The third-order valence-corrected chi connectivity index (χ3v) is 3.28. The van der Waals surface area contributed by atoms with Crippen LogP contribution in [0.3, 0.4) is 0 Å². The van der Waals surface area contributed by atoms with Crippen LogP contribution in [0, 0.1) is 0 Å². The number of benzene rings is 1. The smallest absolute Gasteiger partial charge is 0.181 e. The van der Waals surface area contributed by atoms with Gasteiger partial charge in [0.25, 0.3) is 0 Å². The van der Waals surface area contributed by atoms with E-state index in [4.69, 9.17) is 5.73 Å². The van der Waals surface area contributed by atoms with Crippen LogP contribution in [0.25, 0.3) is 22.9 Å². The van der Waals surface area contributed by atoms with E-state index in [-0.39, 0.29) is 0 Å². The molecular formula is C15H12N6. The number of hydrogen-bond acceptors (Lipinski definition) is 4. The molecule has 0 spiro atoms. The second-order valence-corrected chi connectivity index (χ2v) is 4.68. The minimum Gasteiger partial charge on any atom is -0.399 e. The third kappa shape index (κ3) is 1.93. The molecule has 1 aromatic carbocycles. The van der Waals surface area contributed by atoms with Gasteiger partial charge in [0.05, 0.1) is 0 Å². The number of hydrogen-bond donors (Lipinski definition) is 1. The molecule has 0 aliphatic rings. The summed E-state index contributed by atoms with van der Waals surface area (Å²) in [6.45, 7) is 0. The highest BCUT2D eigenvalue weighted by molar-refractivity contribution is 5.60. The van der Waals surface area contributed by atoms with Crippen molar-refractivity contribution in [2.45, 2.75) is 0 Å². The molecule has 3 heterocycles. The molecule has 0 fully saturated rings. The van der Waals surface area contributed by atoms with E-state index in [1.165, 1.54) is 0 Å². The molecule has 4 aromatic rings. The number of nitrogens with two attached hydrogens (primary N) is 1. The first-order valence-electron chi connectivity index (χ1n) is 6.51. The van der Waals surface area contributed by atoms with Crippen LogP contribution in [0.5, 0.6) is 0 Å². The fraction of sp³-hybridized carbons (Fsp3) is 0. The monoisotopic (exact) mass is 276 g/mol. The Labute approximate surface area is 120 Å². The largest absolute Gasteiger partial charge is 0.399 e. The SMILES string of the molecule is Nc1cccc(-c2ncn(-c3cccc4nccn34)n2)c1. The standard InChI is InChI=1S/C15H12N6/c16-12-4-1-3-11(9-12)15-18-10-21(19-15)14-6-2-5-13-17-7-8-20(13)14/h1-10H,16H2. The first-order chi connectivity index (χ1) is 10.3. The first kappa shape index (κ1) is 11.7. The molecule has 6 nitrogen and oxygen atoms in total. The van der Waals surface area contributed by atoms with Gasteiger partial charge in [-0.05, 0) is 24.3 Å². The van der Waals surface area contributed by atoms with Gasteiger partial charge in [0.1, 0.15) is 17.8 Å². The lowest BCUT2D eigenvalue weighted by Crippen LogP contribution is -2.01. The molecule has 0 aliphatic heterocycles. The molecule has 6 heteroatoms. The van der Waals surface area contributed by atoms with Crippen LogP contribution in [0.4, 0.5) is 5.69 Å². The Morgan fingerprint density at radius 1 is 1.00 bits per heavy atom. The van der Waals surface area contributed by atoms with Crippen molar-refractivity contribution in [2.75, 3.05) is 5.73 Å². The Balaban J connectivity index is 1.83. The Hall–Kier alpha value is -3.15. The van der Waals surface area contributed by atoms with Crippen LogP contribution in [0.1, 0.15) is 0 Å². The van der Waals surface area contributed by atoms with Crippen molar-refractivity contribution in [1.29, 1.82) is 0 Å². The molecule has 0 amide bonds. The summed E-state index contributed by atoms with van der Waals surface area (Å²) in [6, 6.07) is 13.4. The van der Waals surface area contributed by atoms with Crippen LogP contribution in [-0.4, -0.2) is 24.1 Å². The molecule has 4 rings (SSSR count). The van der Waals surface area contributed by atoms with Crippen molar-refractivity contribution in [3.63, 3.8) is 0 Å². The molecule has 102 valence electrons. The van der Waals surface area contributed by atoms with E-state index in [1.54, 1.807) is 17.2 Å². The predicted molar refractivity (Wildman–Crippen MR) is 80.0 cm³/mol. The molecule has 0 saturated heterocycles. The van der Waals surface area contributed by atoms with Crippen LogP contribution >= 0.6 is 0 Å². The third-order valence-electron chi connectivity index (χ3n) is 3.28. The van der Waals surface area contributed by atoms with Gasteiger partial charge in [-0.1, -0.05) is 18.2 Å². The summed E-state index contributed by atoms with van der Waals surface area (Å²) in [5.74, 6) is 1.52. The van der Waals surface area contributed by atoms with E-state index >= 15 is 0 Å². The van der Waals surface area contributed by atoms with Crippen molar-refractivity contribution in [3.05, 3.63) is 61.2 Å². The van der Waals surface area contributed by atoms with Gasteiger partial charge in [0.2, 0.25) is 0 Å². The maximum atomic E-state index is 5.80. The van der Waals surface area contributed by atoms with Crippen molar-refractivity contribution in [2.24, 2.45) is 0 Å². The summed E-state index contributed by atoms with van der Waals surface area (Å²) in [5.41, 5.74) is 8.26.